The normalized spacial score (nSPS) is 15.0. The van der Waals surface area contributed by atoms with E-state index < -0.39 is 0 Å². The van der Waals surface area contributed by atoms with Gasteiger partial charge in [-0.05, 0) is 12.1 Å². The minimum Gasteiger partial charge on any atom is -0.497 e. The lowest BCUT2D eigenvalue weighted by Gasteiger charge is -2.26. The second-order valence-electron chi connectivity index (χ2n) is 6.87. The summed E-state index contributed by atoms with van der Waals surface area (Å²) in [5.74, 6) is 2.01. The summed E-state index contributed by atoms with van der Waals surface area (Å²) in [7, 11) is 6.70. The fourth-order valence-corrected chi connectivity index (χ4v) is 2.80. The van der Waals surface area contributed by atoms with Crippen molar-refractivity contribution in [1.29, 1.82) is 0 Å². The highest BCUT2D eigenvalue weighted by Gasteiger charge is 2.11. The Labute approximate surface area is 173 Å². The number of rotatable bonds is 9. The number of nitrogens with zero attached hydrogens (tertiary/aromatic N) is 3. The van der Waals surface area contributed by atoms with E-state index >= 15 is 0 Å². The van der Waals surface area contributed by atoms with Gasteiger partial charge in [0, 0.05) is 51.9 Å². The van der Waals surface area contributed by atoms with Crippen LogP contribution in [0, 0.1) is 0 Å². The molecular weight excluding hydrogens is 374 g/mol. The van der Waals surface area contributed by atoms with Gasteiger partial charge < -0.3 is 29.7 Å². The molecule has 0 spiro atoms. The quantitative estimate of drug-likeness (QED) is 0.445. The van der Waals surface area contributed by atoms with Gasteiger partial charge in [0.1, 0.15) is 11.5 Å². The molecule has 1 aliphatic rings. The zero-order valence-electron chi connectivity index (χ0n) is 17.9. The van der Waals surface area contributed by atoms with E-state index in [1.807, 2.05) is 18.2 Å². The molecule has 9 nitrogen and oxygen atoms in total. The Bertz CT molecular complexity index is 675. The number of morpholine rings is 1. The third-order valence-corrected chi connectivity index (χ3v) is 4.63. The standard InChI is InChI=1S/C20H33N5O4/c1-24(2)19(26)15-23-20(21-7-8-25-9-11-29-12-10-25)22-14-16-5-6-17(27-3)13-18(16)28-4/h5-6,13H,7-12,14-15H2,1-4H3,(H2,21,22,23). The number of hydrogen-bond acceptors (Lipinski definition) is 6. The molecule has 0 unspecified atom stereocenters. The summed E-state index contributed by atoms with van der Waals surface area (Å²) in [6.45, 7) is 5.61. The number of carbonyl (C=O) groups excluding carboxylic acids is 1. The van der Waals surface area contributed by atoms with E-state index in [0.29, 0.717) is 18.3 Å². The van der Waals surface area contributed by atoms with E-state index in [9.17, 15) is 4.79 Å². The predicted molar refractivity (Wildman–Crippen MR) is 113 cm³/mol. The Morgan fingerprint density at radius 3 is 2.62 bits per heavy atom. The minimum absolute atomic E-state index is 0.0188. The summed E-state index contributed by atoms with van der Waals surface area (Å²) < 4.78 is 16.1. The number of benzene rings is 1. The van der Waals surface area contributed by atoms with Crippen LogP contribution in [-0.4, -0.2) is 95.9 Å². The number of likely N-dealkylation sites (N-methyl/N-ethyl adjacent to an activating group) is 1. The van der Waals surface area contributed by atoms with Crippen LogP contribution in [0.2, 0.25) is 0 Å². The van der Waals surface area contributed by atoms with Gasteiger partial charge in [0.2, 0.25) is 5.91 Å². The molecule has 1 fully saturated rings. The van der Waals surface area contributed by atoms with Crippen LogP contribution in [0.4, 0.5) is 0 Å². The summed E-state index contributed by atoms with van der Waals surface area (Å²) in [4.78, 5) is 20.5. The zero-order valence-corrected chi connectivity index (χ0v) is 17.9. The Kier molecular flexibility index (Phi) is 9.52. The van der Waals surface area contributed by atoms with Gasteiger partial charge in [-0.25, -0.2) is 4.99 Å². The van der Waals surface area contributed by atoms with Crippen LogP contribution in [-0.2, 0) is 16.1 Å². The van der Waals surface area contributed by atoms with Crippen LogP contribution in [0.3, 0.4) is 0 Å². The maximum Gasteiger partial charge on any atom is 0.241 e. The second-order valence-corrected chi connectivity index (χ2v) is 6.87. The third kappa shape index (κ3) is 7.78. The third-order valence-electron chi connectivity index (χ3n) is 4.63. The molecule has 29 heavy (non-hydrogen) atoms. The molecule has 0 aliphatic carbocycles. The van der Waals surface area contributed by atoms with Crippen LogP contribution in [0.15, 0.2) is 23.2 Å². The maximum atomic E-state index is 11.9. The SMILES string of the molecule is COc1ccc(CN=C(NCCN2CCOCC2)NCC(=O)N(C)C)c(OC)c1. The molecule has 1 heterocycles. The lowest BCUT2D eigenvalue weighted by atomic mass is 10.2. The van der Waals surface area contributed by atoms with E-state index in [0.717, 1.165) is 50.7 Å². The molecule has 0 atom stereocenters. The van der Waals surface area contributed by atoms with Crippen LogP contribution >= 0.6 is 0 Å². The first kappa shape index (κ1) is 22.8. The molecule has 0 radical (unpaired) electrons. The molecule has 1 aromatic rings. The van der Waals surface area contributed by atoms with Crippen molar-refractivity contribution in [3.63, 3.8) is 0 Å². The molecule has 0 bridgehead atoms. The summed E-state index contributed by atoms with van der Waals surface area (Å²) in [6.07, 6.45) is 0. The Balaban J connectivity index is 1.99. The van der Waals surface area contributed by atoms with E-state index in [4.69, 9.17) is 14.2 Å². The molecule has 1 saturated heterocycles. The van der Waals surface area contributed by atoms with Crippen molar-refractivity contribution in [3.8, 4) is 11.5 Å². The van der Waals surface area contributed by atoms with Crippen molar-refractivity contribution in [2.75, 3.05) is 74.3 Å². The van der Waals surface area contributed by atoms with Crippen molar-refractivity contribution in [2.45, 2.75) is 6.54 Å². The first-order valence-electron chi connectivity index (χ1n) is 9.77. The average Bonchev–Trinajstić information content (AvgIpc) is 2.75. The average molecular weight is 408 g/mol. The smallest absolute Gasteiger partial charge is 0.241 e. The highest BCUT2D eigenvalue weighted by Crippen LogP contribution is 2.25. The summed E-state index contributed by atoms with van der Waals surface area (Å²) in [5.41, 5.74) is 0.932. The van der Waals surface area contributed by atoms with Gasteiger partial charge in [0.15, 0.2) is 5.96 Å². The summed E-state index contributed by atoms with van der Waals surface area (Å²) >= 11 is 0. The molecule has 2 N–H and O–H groups in total. The van der Waals surface area contributed by atoms with Gasteiger partial charge in [-0.15, -0.1) is 0 Å². The molecule has 2 rings (SSSR count). The van der Waals surface area contributed by atoms with E-state index in [-0.39, 0.29) is 12.5 Å². The van der Waals surface area contributed by atoms with Gasteiger partial charge in [-0.1, -0.05) is 0 Å². The highest BCUT2D eigenvalue weighted by atomic mass is 16.5. The van der Waals surface area contributed by atoms with Crippen molar-refractivity contribution in [1.82, 2.24) is 20.4 Å². The first-order chi connectivity index (χ1) is 14.0. The monoisotopic (exact) mass is 407 g/mol. The molecule has 0 saturated carbocycles. The Hall–Kier alpha value is -2.52. The molecule has 0 aromatic heterocycles. The van der Waals surface area contributed by atoms with Gasteiger partial charge >= 0.3 is 0 Å². The number of aliphatic imine (C=N–C) groups is 1. The summed E-state index contributed by atoms with van der Waals surface area (Å²) in [6, 6.07) is 5.64. The van der Waals surface area contributed by atoms with Gasteiger partial charge in [0.25, 0.3) is 0 Å². The lowest BCUT2D eigenvalue weighted by molar-refractivity contribution is -0.127. The molecular formula is C20H33N5O4. The predicted octanol–water partition coefficient (Wildman–Crippen LogP) is 0.159. The van der Waals surface area contributed by atoms with E-state index in [1.165, 1.54) is 0 Å². The van der Waals surface area contributed by atoms with Crippen LogP contribution in [0.5, 0.6) is 11.5 Å². The Morgan fingerprint density at radius 2 is 1.97 bits per heavy atom. The molecule has 162 valence electrons. The topological polar surface area (TPSA) is 87.7 Å². The fourth-order valence-electron chi connectivity index (χ4n) is 2.80. The first-order valence-corrected chi connectivity index (χ1v) is 9.77. The van der Waals surface area contributed by atoms with E-state index in [1.54, 1.807) is 33.2 Å². The summed E-state index contributed by atoms with van der Waals surface area (Å²) in [5, 5.41) is 6.42. The minimum atomic E-state index is -0.0188. The van der Waals surface area contributed by atoms with Crippen LogP contribution in [0.25, 0.3) is 0 Å². The second kappa shape index (κ2) is 12.1. The molecule has 1 aromatic carbocycles. The van der Waals surface area contributed by atoms with Crippen molar-refractivity contribution >= 4 is 11.9 Å². The molecule has 1 amide bonds. The number of carbonyl (C=O) groups is 1. The van der Waals surface area contributed by atoms with Crippen LogP contribution < -0.4 is 20.1 Å². The lowest BCUT2D eigenvalue weighted by Crippen LogP contribution is -2.46. The van der Waals surface area contributed by atoms with Crippen LogP contribution in [0.1, 0.15) is 5.56 Å². The van der Waals surface area contributed by atoms with E-state index in [2.05, 4.69) is 20.5 Å². The molecule has 1 aliphatic heterocycles. The Morgan fingerprint density at radius 1 is 1.21 bits per heavy atom. The van der Waals surface area contributed by atoms with Gasteiger partial charge in [0.05, 0.1) is 40.5 Å². The number of methoxy groups -OCH3 is 2. The van der Waals surface area contributed by atoms with Crippen molar-refractivity contribution < 1.29 is 19.0 Å². The number of nitrogens with one attached hydrogen (secondary N) is 2. The van der Waals surface area contributed by atoms with Gasteiger partial charge in [-0.2, -0.15) is 0 Å². The van der Waals surface area contributed by atoms with Gasteiger partial charge in [-0.3, -0.25) is 9.69 Å². The number of hydrogen-bond donors (Lipinski definition) is 2. The zero-order chi connectivity index (χ0) is 21.1. The molecule has 9 heteroatoms. The number of ether oxygens (including phenoxy) is 3. The largest absolute Gasteiger partial charge is 0.497 e. The van der Waals surface area contributed by atoms with Crippen molar-refractivity contribution in [3.05, 3.63) is 23.8 Å². The van der Waals surface area contributed by atoms with Crippen molar-refractivity contribution in [2.24, 2.45) is 4.99 Å². The number of guanidine groups is 1. The number of amides is 1. The highest BCUT2D eigenvalue weighted by molar-refractivity contribution is 5.86. The fraction of sp³-hybridized carbons (Fsp3) is 0.600. The maximum absolute atomic E-state index is 11.9.